The van der Waals surface area contributed by atoms with Gasteiger partial charge in [-0.3, -0.25) is 9.59 Å². The minimum Gasteiger partial charge on any atom is -0.462 e. The maximum Gasteiger partial charge on any atom is 0.306 e. The smallest absolute Gasteiger partial charge is 0.306 e. The van der Waals surface area contributed by atoms with Gasteiger partial charge < -0.3 is 14.6 Å². The van der Waals surface area contributed by atoms with Crippen molar-refractivity contribution in [1.29, 1.82) is 0 Å². The normalized spacial score (nSPS) is 13.0. The van der Waals surface area contributed by atoms with Gasteiger partial charge in [0, 0.05) is 12.8 Å². The Kier molecular flexibility index (Phi) is 30.2. The second-order valence-electron chi connectivity index (χ2n) is 10.5. The van der Waals surface area contributed by atoms with E-state index in [-0.39, 0.29) is 25.2 Å². The molecule has 0 aromatic heterocycles. The number of aliphatic hydroxyl groups is 1. The molecule has 0 rings (SSSR count). The molecule has 0 amide bonds. The van der Waals surface area contributed by atoms with E-state index in [0.29, 0.717) is 12.8 Å². The van der Waals surface area contributed by atoms with E-state index in [0.717, 1.165) is 89.9 Å². The van der Waals surface area contributed by atoms with Crippen LogP contribution in [-0.4, -0.2) is 36.4 Å². The summed E-state index contributed by atoms with van der Waals surface area (Å²) in [5, 5.41) is 9.48. The van der Waals surface area contributed by atoms with Crippen molar-refractivity contribution >= 4 is 11.9 Å². The van der Waals surface area contributed by atoms with Crippen molar-refractivity contribution < 1.29 is 24.2 Å². The van der Waals surface area contributed by atoms with Crippen molar-refractivity contribution in [2.24, 2.45) is 0 Å². The molecule has 0 aliphatic rings. The molecule has 1 atom stereocenters. The first-order valence-corrected chi connectivity index (χ1v) is 16.3. The van der Waals surface area contributed by atoms with Gasteiger partial charge in [-0.1, -0.05) is 113 Å². The van der Waals surface area contributed by atoms with Crippen LogP contribution in [0.25, 0.3) is 0 Å². The zero-order valence-electron chi connectivity index (χ0n) is 26.3. The fourth-order valence-corrected chi connectivity index (χ4v) is 4.07. The Morgan fingerprint density at radius 3 is 1.61 bits per heavy atom. The number of aliphatic hydroxyl groups excluding tert-OH is 1. The van der Waals surface area contributed by atoms with E-state index in [1.807, 2.05) is 0 Å². The molecule has 1 N–H and O–H groups in total. The van der Waals surface area contributed by atoms with E-state index < -0.39 is 6.10 Å². The Morgan fingerprint density at radius 1 is 0.585 bits per heavy atom. The van der Waals surface area contributed by atoms with Crippen molar-refractivity contribution in [2.45, 2.75) is 142 Å². The first kappa shape index (κ1) is 38.6. The molecule has 5 heteroatoms. The minimum atomic E-state index is -0.787. The monoisotopic (exact) mass is 572 g/mol. The third-order valence-corrected chi connectivity index (χ3v) is 6.53. The Hall–Kier alpha value is -2.40. The fourth-order valence-electron chi connectivity index (χ4n) is 4.07. The number of carbonyl (C=O) groups excluding carboxylic acids is 2. The van der Waals surface area contributed by atoms with E-state index in [9.17, 15) is 14.7 Å². The van der Waals surface area contributed by atoms with Crippen LogP contribution >= 0.6 is 0 Å². The molecule has 0 fully saturated rings. The van der Waals surface area contributed by atoms with Gasteiger partial charge in [0.25, 0.3) is 0 Å². The number of hydrogen-bond acceptors (Lipinski definition) is 5. The molecule has 0 saturated heterocycles. The maximum atomic E-state index is 12.1. The lowest BCUT2D eigenvalue weighted by Gasteiger charge is -2.15. The molecule has 0 heterocycles. The molecule has 0 aromatic carbocycles. The summed E-state index contributed by atoms with van der Waals surface area (Å²) >= 11 is 0. The lowest BCUT2D eigenvalue weighted by molar-refractivity contribution is -0.161. The SMILES string of the molecule is CC/C=C\C/C=C\C/C=C\C/C=C\CCCCCCC(=O)OC(CO)COC(=O)CCCCCCC/C=C\CCC. The first-order valence-electron chi connectivity index (χ1n) is 16.3. The highest BCUT2D eigenvalue weighted by Gasteiger charge is 2.16. The van der Waals surface area contributed by atoms with Crippen LogP contribution in [0, 0.1) is 0 Å². The second kappa shape index (κ2) is 32.1. The molecule has 0 radical (unpaired) electrons. The summed E-state index contributed by atoms with van der Waals surface area (Å²) in [5.41, 5.74) is 0. The van der Waals surface area contributed by atoms with E-state index in [1.165, 1.54) is 19.3 Å². The third-order valence-electron chi connectivity index (χ3n) is 6.53. The van der Waals surface area contributed by atoms with Gasteiger partial charge >= 0.3 is 11.9 Å². The van der Waals surface area contributed by atoms with Gasteiger partial charge in [0.05, 0.1) is 6.61 Å². The standard InChI is InChI=1S/C36H60O5/c1-3-5-7-9-11-13-15-16-17-18-19-20-21-23-25-27-29-31-36(39)41-34(32-37)33-40-35(38)30-28-26-24-22-14-12-10-8-6-4-2/h5,7-8,10-11,13,16-17,19-20,34,37H,3-4,6,9,12,14-15,18,21-33H2,1-2H3/b7-5-,10-8-,13-11-,17-16-,20-19-. The lowest BCUT2D eigenvalue weighted by atomic mass is 10.1. The van der Waals surface area contributed by atoms with Gasteiger partial charge in [-0.25, -0.2) is 0 Å². The third kappa shape index (κ3) is 30.4. The molecular formula is C36H60O5. The molecule has 0 saturated carbocycles. The minimum absolute atomic E-state index is 0.0833. The quantitative estimate of drug-likeness (QED) is 0.0574. The predicted octanol–water partition coefficient (Wildman–Crippen LogP) is 9.67. The second-order valence-corrected chi connectivity index (χ2v) is 10.5. The average Bonchev–Trinajstić information content (AvgIpc) is 2.97. The molecule has 0 aliphatic carbocycles. The average molecular weight is 573 g/mol. The molecule has 0 spiro atoms. The van der Waals surface area contributed by atoms with Crippen molar-refractivity contribution in [1.82, 2.24) is 0 Å². The van der Waals surface area contributed by atoms with Gasteiger partial charge in [-0.2, -0.15) is 0 Å². The summed E-state index contributed by atoms with van der Waals surface area (Å²) in [5.74, 6) is -0.640. The van der Waals surface area contributed by atoms with Gasteiger partial charge in [0.15, 0.2) is 6.10 Å². The molecule has 0 aliphatic heterocycles. The van der Waals surface area contributed by atoms with Crippen LogP contribution in [0.1, 0.15) is 136 Å². The number of carbonyl (C=O) groups is 2. The summed E-state index contributed by atoms with van der Waals surface area (Å²) < 4.78 is 10.5. The van der Waals surface area contributed by atoms with Crippen molar-refractivity contribution in [2.75, 3.05) is 13.2 Å². The van der Waals surface area contributed by atoms with Crippen LogP contribution < -0.4 is 0 Å². The maximum absolute atomic E-state index is 12.1. The van der Waals surface area contributed by atoms with Crippen LogP contribution in [0.3, 0.4) is 0 Å². The highest BCUT2D eigenvalue weighted by Crippen LogP contribution is 2.10. The lowest BCUT2D eigenvalue weighted by Crippen LogP contribution is -2.28. The van der Waals surface area contributed by atoms with E-state index >= 15 is 0 Å². The number of ether oxygens (including phenoxy) is 2. The highest BCUT2D eigenvalue weighted by molar-refractivity contribution is 5.70. The van der Waals surface area contributed by atoms with Crippen LogP contribution in [0.5, 0.6) is 0 Å². The Morgan fingerprint density at radius 2 is 1.05 bits per heavy atom. The van der Waals surface area contributed by atoms with Crippen LogP contribution in [0.4, 0.5) is 0 Å². The first-order chi connectivity index (χ1) is 20.1. The molecule has 41 heavy (non-hydrogen) atoms. The zero-order chi connectivity index (χ0) is 30.1. The van der Waals surface area contributed by atoms with Crippen molar-refractivity contribution in [3.63, 3.8) is 0 Å². The molecule has 5 nitrogen and oxygen atoms in total. The summed E-state index contributed by atoms with van der Waals surface area (Å²) in [6.07, 6.45) is 39.9. The molecule has 234 valence electrons. The Bertz CT molecular complexity index is 747. The van der Waals surface area contributed by atoms with Gasteiger partial charge in [0.2, 0.25) is 0 Å². The van der Waals surface area contributed by atoms with Gasteiger partial charge in [-0.15, -0.1) is 0 Å². The Balaban J connectivity index is 3.68. The number of esters is 2. The summed E-state index contributed by atoms with van der Waals surface area (Å²) in [6.45, 7) is 3.90. The van der Waals surface area contributed by atoms with Crippen LogP contribution in [-0.2, 0) is 19.1 Å². The van der Waals surface area contributed by atoms with Crippen LogP contribution in [0.15, 0.2) is 60.8 Å². The predicted molar refractivity (Wildman–Crippen MR) is 173 cm³/mol. The Labute approximate surface area is 251 Å². The molecule has 0 bridgehead atoms. The zero-order valence-corrected chi connectivity index (χ0v) is 26.3. The van der Waals surface area contributed by atoms with E-state index in [1.54, 1.807) is 0 Å². The summed E-state index contributed by atoms with van der Waals surface area (Å²) in [6, 6.07) is 0. The molecule has 1 unspecified atom stereocenters. The topological polar surface area (TPSA) is 72.8 Å². The number of allylic oxidation sites excluding steroid dienone is 10. The van der Waals surface area contributed by atoms with Gasteiger partial charge in [0.1, 0.15) is 6.61 Å². The molecular weight excluding hydrogens is 512 g/mol. The highest BCUT2D eigenvalue weighted by atomic mass is 16.6. The summed E-state index contributed by atoms with van der Waals surface area (Å²) in [4.78, 5) is 24.1. The van der Waals surface area contributed by atoms with Gasteiger partial charge in [-0.05, 0) is 70.6 Å². The largest absolute Gasteiger partial charge is 0.462 e. The van der Waals surface area contributed by atoms with Crippen molar-refractivity contribution in [3.05, 3.63) is 60.8 Å². The van der Waals surface area contributed by atoms with Crippen molar-refractivity contribution in [3.8, 4) is 0 Å². The number of unbranched alkanes of at least 4 members (excludes halogenated alkanes) is 10. The fraction of sp³-hybridized carbons (Fsp3) is 0.667. The number of rotatable bonds is 28. The molecule has 0 aromatic rings. The number of hydrogen-bond donors (Lipinski definition) is 1. The summed E-state index contributed by atoms with van der Waals surface area (Å²) in [7, 11) is 0. The van der Waals surface area contributed by atoms with Crippen LogP contribution in [0.2, 0.25) is 0 Å². The van der Waals surface area contributed by atoms with E-state index in [2.05, 4.69) is 74.6 Å². The van der Waals surface area contributed by atoms with E-state index in [4.69, 9.17) is 9.47 Å².